The Morgan fingerprint density at radius 1 is 0.750 bits per heavy atom. The lowest BCUT2D eigenvalue weighted by molar-refractivity contribution is -0.133. The number of urea groups is 1. The molecule has 0 spiro atoms. The molecule has 24 nitrogen and oxygen atoms in total. The van der Waals surface area contributed by atoms with E-state index in [1.165, 1.54) is 0 Å². The number of ether oxygens (including phenoxy) is 5. The zero-order chi connectivity index (χ0) is 65.6. The van der Waals surface area contributed by atoms with Crippen LogP contribution >= 0.6 is 11.6 Å². The van der Waals surface area contributed by atoms with E-state index in [0.29, 0.717) is 88.0 Å². The Bertz CT molecular complexity index is 3730. The van der Waals surface area contributed by atoms with Crippen molar-refractivity contribution in [2.45, 2.75) is 58.9 Å². The quantitative estimate of drug-likeness (QED) is 0.0149. The standard InChI is InChI=1S/C67H77ClN10O14/c1-40(2)60(74-58(80)39-90-30-29-88-27-28-89-31-32-91-50-19-17-49(18-20-50)78-63(83)41(3)42(4)64(78)84)56(79)35-44(9-8-22-70-66(69)86)62(82)71-47-14-12-43(13-15-47)61(81)72-48-16-21-53-45(33-48)34-54(73-53)65(85)77-38-46(37-68)59-52-11-7-6-10-51(52)57(36-55(59)77)92-67(87)76-25-23-75(5)24-26-76/h6-7,10-21,33-34,36,40,44,46,60,73H,8-9,22-32,35,37-39H2,1-5H3,(H,71,82)(H,72,81)(H,74,80)(H3,69,70,86)/t44-,46-,60?/m1/s1. The van der Waals surface area contributed by atoms with Crippen LogP contribution < -0.4 is 46.3 Å². The molecule has 1 saturated heterocycles. The largest absolute Gasteiger partial charge is 0.491 e. The van der Waals surface area contributed by atoms with Crippen molar-refractivity contribution in [2.24, 2.45) is 17.6 Å². The molecule has 3 atom stereocenters. The molecule has 6 aromatic rings. The van der Waals surface area contributed by atoms with Gasteiger partial charge in [0.1, 0.15) is 30.4 Å². The first-order chi connectivity index (χ1) is 44.3. The van der Waals surface area contributed by atoms with E-state index in [-0.39, 0.29) is 112 Å². The highest BCUT2D eigenvalue weighted by atomic mass is 35.5. The number of nitrogens with zero attached hydrogens (tertiary/aromatic N) is 4. The van der Waals surface area contributed by atoms with E-state index in [4.69, 9.17) is 41.0 Å². The van der Waals surface area contributed by atoms with Crippen LogP contribution in [0.25, 0.3) is 21.7 Å². The van der Waals surface area contributed by atoms with Gasteiger partial charge in [0.15, 0.2) is 5.78 Å². The molecule has 25 heteroatoms. The van der Waals surface area contributed by atoms with Gasteiger partial charge >= 0.3 is 12.1 Å². The number of nitrogens with one attached hydrogen (secondary N) is 5. The van der Waals surface area contributed by atoms with E-state index in [0.717, 1.165) is 34.3 Å². The molecule has 0 aliphatic carbocycles. The fourth-order valence-electron chi connectivity index (χ4n) is 11.2. The number of H-pyrrole nitrogens is 1. The Hall–Kier alpha value is -9.20. The number of ketones is 1. The fraction of sp³-hybridized carbons (Fsp3) is 0.388. The van der Waals surface area contributed by atoms with Gasteiger partial charge in [0.05, 0.1) is 50.5 Å². The van der Waals surface area contributed by atoms with Gasteiger partial charge in [0, 0.05) is 114 Å². The van der Waals surface area contributed by atoms with Gasteiger partial charge in [-0.1, -0.05) is 38.1 Å². The van der Waals surface area contributed by atoms with Crippen LogP contribution in [0.5, 0.6) is 11.5 Å². The third-order valence-corrected chi connectivity index (χ3v) is 16.8. The molecule has 3 aliphatic heterocycles. The summed E-state index contributed by atoms with van der Waals surface area (Å²) in [6, 6.07) is 27.5. The van der Waals surface area contributed by atoms with Crippen LogP contribution in [-0.2, 0) is 38.2 Å². The molecule has 1 aromatic heterocycles. The third-order valence-electron chi connectivity index (χ3n) is 16.4. The summed E-state index contributed by atoms with van der Waals surface area (Å²) in [5.41, 5.74) is 10.1. The Morgan fingerprint density at radius 3 is 2.07 bits per heavy atom. The molecule has 0 saturated carbocycles. The number of primary amides is 1. The van der Waals surface area contributed by atoms with Gasteiger partial charge in [0.25, 0.3) is 23.6 Å². The zero-order valence-electron chi connectivity index (χ0n) is 52.1. The van der Waals surface area contributed by atoms with Gasteiger partial charge in [-0.2, -0.15) is 0 Å². The Kier molecular flexibility index (Phi) is 22.8. The van der Waals surface area contributed by atoms with E-state index in [1.807, 2.05) is 31.3 Å². The second-order valence-electron chi connectivity index (χ2n) is 23.2. The lowest BCUT2D eigenvalue weighted by atomic mass is 9.89. The number of likely N-dealkylation sites (N-methyl/N-ethyl adjacent to an activating group) is 1. The molecule has 5 aromatic carbocycles. The minimum atomic E-state index is -0.944. The van der Waals surface area contributed by atoms with Gasteiger partial charge in [-0.25, -0.2) is 14.5 Å². The molecule has 9 rings (SSSR count). The topological polar surface area (TPSA) is 303 Å². The SMILES string of the molecule is CC1=C(C)C(=O)N(c2ccc(OCCOCCOCCOCC(=O)NC(C(=O)C[C@@H](CCCNC(N)=O)C(=O)Nc3ccc(C(=O)Nc4ccc5[nH]c(C(=O)N6C[C@@H](CCl)c7c6cc(OC(=O)N6CCN(C)CC6)c6ccccc76)cc5c4)cc3)C(C)C)cc2)C1=O. The summed E-state index contributed by atoms with van der Waals surface area (Å²) in [4.78, 5) is 129. The van der Waals surface area contributed by atoms with Gasteiger partial charge < -0.3 is 70.4 Å². The van der Waals surface area contributed by atoms with Crippen molar-refractivity contribution in [3.05, 3.63) is 131 Å². The molecule has 7 N–H and O–H groups in total. The number of Topliss-reactive ketones (excluding diaryl/α,β-unsaturated/α-hetero) is 1. The summed E-state index contributed by atoms with van der Waals surface area (Å²) in [6.45, 7) is 10.8. The molecule has 9 amide bonds. The van der Waals surface area contributed by atoms with Crippen molar-refractivity contribution in [3.8, 4) is 11.5 Å². The third kappa shape index (κ3) is 16.6. The maximum atomic E-state index is 14.5. The van der Waals surface area contributed by atoms with E-state index in [2.05, 4.69) is 31.2 Å². The highest BCUT2D eigenvalue weighted by Gasteiger charge is 2.38. The summed E-state index contributed by atoms with van der Waals surface area (Å²) < 4.78 is 28.4. The smallest absolute Gasteiger partial charge is 0.415 e. The molecule has 1 fully saturated rings. The second kappa shape index (κ2) is 31.2. The van der Waals surface area contributed by atoms with Crippen LogP contribution in [0, 0.1) is 11.8 Å². The predicted octanol–water partition coefficient (Wildman–Crippen LogP) is 7.74. The van der Waals surface area contributed by atoms with Crippen LogP contribution in [0.4, 0.5) is 32.3 Å². The van der Waals surface area contributed by atoms with Gasteiger partial charge in [0.2, 0.25) is 11.8 Å². The van der Waals surface area contributed by atoms with Gasteiger partial charge in [-0.05, 0) is 123 Å². The minimum Gasteiger partial charge on any atom is -0.491 e. The van der Waals surface area contributed by atoms with Crippen LogP contribution in [-0.4, -0.2) is 173 Å². The number of anilines is 4. The lowest BCUT2D eigenvalue weighted by Gasteiger charge is -2.31. The monoisotopic (exact) mass is 1280 g/mol. The average molecular weight is 1280 g/mol. The molecule has 3 aliphatic rings. The molecule has 92 heavy (non-hydrogen) atoms. The second-order valence-corrected chi connectivity index (χ2v) is 23.5. The Balaban J connectivity index is 0.724. The number of aromatic nitrogens is 1. The average Bonchev–Trinajstić information content (AvgIpc) is 1.56. The molecule has 0 bridgehead atoms. The highest BCUT2D eigenvalue weighted by molar-refractivity contribution is 6.32. The Morgan fingerprint density at radius 2 is 1.40 bits per heavy atom. The minimum absolute atomic E-state index is 0.0915. The number of hydrogen-bond acceptors (Lipinski definition) is 15. The van der Waals surface area contributed by atoms with E-state index >= 15 is 0 Å². The van der Waals surface area contributed by atoms with Crippen LogP contribution in [0.1, 0.15) is 79.3 Å². The predicted molar refractivity (Wildman–Crippen MR) is 347 cm³/mol. The van der Waals surface area contributed by atoms with Crippen molar-refractivity contribution in [2.75, 3.05) is 119 Å². The first-order valence-corrected chi connectivity index (χ1v) is 31.1. The van der Waals surface area contributed by atoms with Crippen molar-refractivity contribution < 1.29 is 66.8 Å². The van der Waals surface area contributed by atoms with Gasteiger partial charge in [-0.15, -0.1) is 11.6 Å². The Labute approximate surface area is 537 Å². The highest BCUT2D eigenvalue weighted by Crippen LogP contribution is 2.46. The number of aromatic amines is 1. The summed E-state index contributed by atoms with van der Waals surface area (Å²) in [5, 5.41) is 13.3. The van der Waals surface area contributed by atoms with Crippen LogP contribution in [0.2, 0.25) is 0 Å². The number of alkyl halides is 1. The summed E-state index contributed by atoms with van der Waals surface area (Å²) in [7, 11) is 2.01. The fourth-order valence-corrected chi connectivity index (χ4v) is 11.4. The van der Waals surface area contributed by atoms with Crippen molar-refractivity contribution in [3.63, 3.8) is 0 Å². The number of carbonyl (C=O) groups is 9. The number of imide groups is 1. The van der Waals surface area contributed by atoms with Crippen molar-refractivity contribution in [1.82, 2.24) is 25.4 Å². The van der Waals surface area contributed by atoms with E-state index in [9.17, 15) is 43.2 Å². The summed E-state index contributed by atoms with van der Waals surface area (Å²) in [5.74, 6) is -3.08. The zero-order valence-corrected chi connectivity index (χ0v) is 52.9. The number of piperazine rings is 1. The maximum Gasteiger partial charge on any atom is 0.415 e. The number of halogens is 1. The molecule has 486 valence electrons. The van der Waals surface area contributed by atoms with Crippen molar-refractivity contribution >= 4 is 109 Å². The lowest BCUT2D eigenvalue weighted by Crippen LogP contribution is -2.48. The molecular weight excluding hydrogens is 1200 g/mol. The maximum absolute atomic E-state index is 14.5. The molecule has 4 heterocycles. The number of carbonyl (C=O) groups excluding carboxylic acids is 9. The number of amides is 9. The van der Waals surface area contributed by atoms with Crippen molar-refractivity contribution in [1.29, 1.82) is 0 Å². The number of rotatable bonds is 29. The number of benzene rings is 5. The summed E-state index contributed by atoms with van der Waals surface area (Å²) >= 11 is 6.57. The summed E-state index contributed by atoms with van der Waals surface area (Å²) in [6.07, 6.45) is -0.182. The number of nitrogens with two attached hydrogens (primary N) is 1. The number of fused-ring (bicyclic) bond motifs is 4. The van der Waals surface area contributed by atoms with Gasteiger partial charge in [-0.3, -0.25) is 33.6 Å². The first-order valence-electron chi connectivity index (χ1n) is 30.6. The molecule has 1 unspecified atom stereocenters. The van der Waals surface area contributed by atoms with E-state index < -0.39 is 41.8 Å². The molecule has 0 radical (unpaired) electrons. The normalized spacial score (nSPS) is 15.6. The molecular formula is C67H77ClN10O14. The first kappa shape index (κ1) is 67.2. The number of hydrogen-bond donors (Lipinski definition) is 6. The van der Waals surface area contributed by atoms with Crippen LogP contribution in [0.15, 0.2) is 114 Å². The van der Waals surface area contributed by atoms with Crippen LogP contribution in [0.3, 0.4) is 0 Å². The van der Waals surface area contributed by atoms with E-state index in [1.54, 1.807) is 116 Å².